The molecule has 0 unspecified atom stereocenters. The summed E-state index contributed by atoms with van der Waals surface area (Å²) < 4.78 is 5.25. The molecule has 1 aliphatic heterocycles. The Hall–Kier alpha value is -2.87. The smallest absolute Gasteiger partial charge is 0.310 e. The molecule has 8 heteroatoms. The third-order valence-corrected chi connectivity index (χ3v) is 6.71. The minimum atomic E-state index is -0.808. The summed E-state index contributed by atoms with van der Waals surface area (Å²) in [5.41, 5.74) is 1.70. The van der Waals surface area contributed by atoms with E-state index in [-0.39, 0.29) is 37.5 Å². The number of amides is 2. The van der Waals surface area contributed by atoms with Gasteiger partial charge in [0.05, 0.1) is 25.0 Å². The van der Waals surface area contributed by atoms with Crippen LogP contribution in [0.25, 0.3) is 0 Å². The van der Waals surface area contributed by atoms with E-state index in [1.54, 1.807) is 6.92 Å². The predicted molar refractivity (Wildman–Crippen MR) is 127 cm³/mol. The number of β-amino-alcohol motifs (C(OH)–C–C–N with tert-alkyl or cyclic N) is 1. The minimum absolute atomic E-state index is 0.0303. The Bertz CT molecular complexity index is 881. The lowest BCUT2D eigenvalue weighted by atomic mass is 9.70. The number of anilines is 2. The van der Waals surface area contributed by atoms with Crippen molar-refractivity contribution in [1.29, 1.82) is 0 Å². The van der Waals surface area contributed by atoms with Crippen molar-refractivity contribution in [3.8, 4) is 0 Å². The Balaban J connectivity index is 1.86. The monoisotopic (exact) mass is 457 g/mol. The first-order valence-electron chi connectivity index (χ1n) is 11.8. The molecule has 0 saturated carbocycles. The van der Waals surface area contributed by atoms with Crippen molar-refractivity contribution < 1.29 is 24.2 Å². The molecule has 1 aromatic rings. The summed E-state index contributed by atoms with van der Waals surface area (Å²) in [6.45, 7) is 9.55. The fourth-order valence-electron chi connectivity index (χ4n) is 5.10. The van der Waals surface area contributed by atoms with Gasteiger partial charge in [0.1, 0.15) is 6.04 Å². The van der Waals surface area contributed by atoms with Crippen molar-refractivity contribution in [2.45, 2.75) is 33.7 Å². The summed E-state index contributed by atoms with van der Waals surface area (Å²) in [5, 5.41) is 12.5. The first kappa shape index (κ1) is 24.8. The number of hydrogen-bond donors (Lipinski definition) is 2. The van der Waals surface area contributed by atoms with E-state index in [1.165, 1.54) is 4.90 Å². The first-order chi connectivity index (χ1) is 15.9. The van der Waals surface area contributed by atoms with Gasteiger partial charge < -0.3 is 25.0 Å². The zero-order valence-electron chi connectivity index (χ0n) is 19.9. The van der Waals surface area contributed by atoms with Crippen LogP contribution >= 0.6 is 0 Å². The van der Waals surface area contributed by atoms with E-state index in [4.69, 9.17) is 4.74 Å². The summed E-state index contributed by atoms with van der Waals surface area (Å²) in [7, 11) is 0. The van der Waals surface area contributed by atoms with Crippen molar-refractivity contribution in [3.05, 3.63) is 36.4 Å². The summed E-state index contributed by atoms with van der Waals surface area (Å²) in [6.07, 6.45) is 3.76. The van der Waals surface area contributed by atoms with Crippen LogP contribution in [0.2, 0.25) is 0 Å². The molecule has 1 aromatic carbocycles. The maximum absolute atomic E-state index is 13.4. The van der Waals surface area contributed by atoms with Crippen molar-refractivity contribution in [3.63, 3.8) is 0 Å². The average molecular weight is 458 g/mol. The van der Waals surface area contributed by atoms with Crippen LogP contribution in [-0.4, -0.2) is 66.7 Å². The van der Waals surface area contributed by atoms with Crippen LogP contribution in [0.15, 0.2) is 36.4 Å². The highest BCUT2D eigenvalue weighted by molar-refractivity contribution is 6.01. The van der Waals surface area contributed by atoms with Gasteiger partial charge in [-0.25, -0.2) is 0 Å². The number of ether oxygens (including phenoxy) is 1. The molecular formula is C25H35N3O5. The van der Waals surface area contributed by atoms with Crippen LogP contribution in [0, 0.1) is 23.7 Å². The van der Waals surface area contributed by atoms with Crippen LogP contribution in [0.3, 0.4) is 0 Å². The molecule has 0 radical (unpaired) electrons. The number of allylic oxidation sites excluding steroid dienone is 1. The lowest BCUT2D eigenvalue weighted by Gasteiger charge is -2.32. The zero-order chi connectivity index (χ0) is 24.1. The number of esters is 1. The standard InChI is InChI=1S/C25H35N3O5/c1-5-27(6-2)18-11-9-17(10-12-18)26-23(30)22-19-13-8-16(4)20(25(32)33-7-3)21(19)24(31)28(22)14-15-29/h8-13,16,19-22,29H,5-7,14-15H2,1-4H3,(H,26,30)/t16-,19+,20-,21+,22+/m1/s1. The molecule has 5 atom stereocenters. The Morgan fingerprint density at radius 1 is 1.12 bits per heavy atom. The molecule has 2 N–H and O–H groups in total. The molecule has 0 bridgehead atoms. The highest BCUT2D eigenvalue weighted by Crippen LogP contribution is 2.44. The van der Waals surface area contributed by atoms with Gasteiger partial charge in [0, 0.05) is 36.9 Å². The number of nitrogens with zero attached hydrogens (tertiary/aromatic N) is 2. The molecule has 1 heterocycles. The van der Waals surface area contributed by atoms with Crippen LogP contribution in [0.1, 0.15) is 27.7 Å². The lowest BCUT2D eigenvalue weighted by molar-refractivity contribution is -0.155. The van der Waals surface area contributed by atoms with E-state index in [1.807, 2.05) is 43.3 Å². The van der Waals surface area contributed by atoms with Crippen molar-refractivity contribution in [2.75, 3.05) is 43.1 Å². The van der Waals surface area contributed by atoms with E-state index < -0.39 is 29.8 Å². The van der Waals surface area contributed by atoms with E-state index in [0.717, 1.165) is 18.8 Å². The fourth-order valence-corrected chi connectivity index (χ4v) is 5.10. The number of aliphatic hydroxyl groups excluding tert-OH is 1. The quantitative estimate of drug-likeness (QED) is 0.436. The highest BCUT2D eigenvalue weighted by Gasteiger charge is 2.56. The third-order valence-electron chi connectivity index (χ3n) is 6.71. The van der Waals surface area contributed by atoms with E-state index >= 15 is 0 Å². The average Bonchev–Trinajstić information content (AvgIpc) is 3.08. The van der Waals surface area contributed by atoms with Gasteiger partial charge in [0.2, 0.25) is 11.8 Å². The Morgan fingerprint density at radius 2 is 1.79 bits per heavy atom. The number of rotatable bonds is 9. The Morgan fingerprint density at radius 3 is 2.36 bits per heavy atom. The van der Waals surface area contributed by atoms with Gasteiger partial charge in [-0.05, 0) is 51.0 Å². The number of carbonyl (C=O) groups is 3. The second kappa shape index (κ2) is 10.8. The van der Waals surface area contributed by atoms with Crippen LogP contribution in [0.4, 0.5) is 11.4 Å². The van der Waals surface area contributed by atoms with Crippen molar-refractivity contribution in [2.24, 2.45) is 23.7 Å². The van der Waals surface area contributed by atoms with Gasteiger partial charge in [-0.1, -0.05) is 19.1 Å². The van der Waals surface area contributed by atoms with Gasteiger partial charge in [0.15, 0.2) is 0 Å². The second-order valence-corrected chi connectivity index (χ2v) is 8.53. The maximum atomic E-state index is 13.4. The highest BCUT2D eigenvalue weighted by atomic mass is 16.5. The molecule has 1 fully saturated rings. The van der Waals surface area contributed by atoms with Gasteiger partial charge in [-0.3, -0.25) is 14.4 Å². The van der Waals surface area contributed by atoms with Crippen molar-refractivity contribution in [1.82, 2.24) is 4.90 Å². The molecule has 0 aromatic heterocycles. The molecule has 2 aliphatic rings. The summed E-state index contributed by atoms with van der Waals surface area (Å²) in [6, 6.07) is 6.79. The number of fused-ring (bicyclic) bond motifs is 1. The fraction of sp³-hybridized carbons (Fsp3) is 0.560. The molecule has 33 heavy (non-hydrogen) atoms. The topological polar surface area (TPSA) is 99.2 Å². The summed E-state index contributed by atoms with van der Waals surface area (Å²) in [5.74, 6) is -3.03. The third kappa shape index (κ3) is 4.90. The second-order valence-electron chi connectivity index (χ2n) is 8.53. The van der Waals surface area contributed by atoms with Gasteiger partial charge in [0.25, 0.3) is 0 Å². The number of aliphatic hydroxyl groups is 1. The maximum Gasteiger partial charge on any atom is 0.310 e. The zero-order valence-corrected chi connectivity index (χ0v) is 19.9. The molecule has 3 rings (SSSR count). The molecule has 0 spiro atoms. The SMILES string of the molecule is CCOC(=O)[C@H]1[C@H]2C(=O)N(CCO)[C@H](C(=O)Nc3ccc(N(CC)CC)cc3)[C@H]2C=C[C@H]1C. The number of hydrogen-bond acceptors (Lipinski definition) is 6. The first-order valence-corrected chi connectivity index (χ1v) is 11.8. The Kier molecular flexibility index (Phi) is 8.13. The molecule has 1 aliphatic carbocycles. The molecule has 2 amide bonds. The number of benzene rings is 1. The minimum Gasteiger partial charge on any atom is -0.466 e. The Labute approximate surface area is 195 Å². The van der Waals surface area contributed by atoms with Crippen molar-refractivity contribution >= 4 is 29.2 Å². The van der Waals surface area contributed by atoms with Crippen LogP contribution in [-0.2, 0) is 19.1 Å². The molecule has 180 valence electrons. The number of carbonyl (C=O) groups excluding carboxylic acids is 3. The van der Waals surface area contributed by atoms with Crippen LogP contribution < -0.4 is 10.2 Å². The molecule has 8 nitrogen and oxygen atoms in total. The molecule has 1 saturated heterocycles. The summed E-state index contributed by atoms with van der Waals surface area (Å²) in [4.78, 5) is 43.0. The van der Waals surface area contributed by atoms with E-state index in [9.17, 15) is 19.5 Å². The van der Waals surface area contributed by atoms with Gasteiger partial charge >= 0.3 is 5.97 Å². The lowest BCUT2D eigenvalue weighted by Crippen LogP contribution is -2.45. The number of likely N-dealkylation sites (tertiary alicyclic amines) is 1. The van der Waals surface area contributed by atoms with E-state index in [0.29, 0.717) is 5.69 Å². The van der Waals surface area contributed by atoms with Gasteiger partial charge in [-0.2, -0.15) is 0 Å². The van der Waals surface area contributed by atoms with Gasteiger partial charge in [-0.15, -0.1) is 0 Å². The normalized spacial score (nSPS) is 26.2. The van der Waals surface area contributed by atoms with Crippen LogP contribution in [0.5, 0.6) is 0 Å². The summed E-state index contributed by atoms with van der Waals surface area (Å²) >= 11 is 0. The molecular weight excluding hydrogens is 422 g/mol. The van der Waals surface area contributed by atoms with E-state index in [2.05, 4.69) is 24.1 Å². The predicted octanol–water partition coefficient (Wildman–Crippen LogP) is 2.29. The largest absolute Gasteiger partial charge is 0.466 e. The number of nitrogens with one attached hydrogen (secondary N) is 1.